The summed E-state index contributed by atoms with van der Waals surface area (Å²) in [6.45, 7) is 2.04. The van der Waals surface area contributed by atoms with Gasteiger partial charge in [0.25, 0.3) is 0 Å². The third-order valence-corrected chi connectivity index (χ3v) is 4.40. The highest BCUT2D eigenvalue weighted by Gasteiger charge is 2.17. The van der Waals surface area contributed by atoms with E-state index < -0.39 is 0 Å². The average Bonchev–Trinajstić information content (AvgIpc) is 2.83. The summed E-state index contributed by atoms with van der Waals surface area (Å²) >= 11 is 6.21. The van der Waals surface area contributed by atoms with Crippen LogP contribution >= 0.6 is 11.6 Å². The predicted octanol–water partition coefficient (Wildman–Crippen LogP) is 5.22. The first-order chi connectivity index (χ1) is 12.6. The van der Waals surface area contributed by atoms with E-state index in [-0.39, 0.29) is 5.82 Å². The van der Waals surface area contributed by atoms with Crippen molar-refractivity contribution in [1.29, 1.82) is 0 Å². The van der Waals surface area contributed by atoms with E-state index in [9.17, 15) is 4.39 Å². The Morgan fingerprint density at radius 2 is 1.58 bits per heavy atom. The van der Waals surface area contributed by atoms with Crippen LogP contribution in [0.5, 0.6) is 0 Å². The molecule has 26 heavy (non-hydrogen) atoms. The molecular weight excluding hydrogens is 349 g/mol. The zero-order chi connectivity index (χ0) is 18.1. The number of hydrazone groups is 1. The summed E-state index contributed by atoms with van der Waals surface area (Å²) in [5.74, 6) is 0.259. The van der Waals surface area contributed by atoms with Crippen LogP contribution in [0.4, 0.5) is 10.1 Å². The van der Waals surface area contributed by atoms with Crippen LogP contribution in [0.1, 0.15) is 22.3 Å². The molecule has 0 radical (unpaired) electrons. The number of aliphatic imine (C=N–C) groups is 1. The van der Waals surface area contributed by atoms with Gasteiger partial charge in [0.1, 0.15) is 11.5 Å². The predicted molar refractivity (Wildman–Crippen MR) is 104 cm³/mol. The molecule has 0 atom stereocenters. The van der Waals surface area contributed by atoms with Gasteiger partial charge in [0.05, 0.1) is 5.69 Å². The number of amidine groups is 1. The minimum atomic E-state index is -0.293. The summed E-state index contributed by atoms with van der Waals surface area (Å²) in [7, 11) is 0. The van der Waals surface area contributed by atoms with Gasteiger partial charge in [-0.15, -0.1) is 0 Å². The van der Waals surface area contributed by atoms with E-state index in [0.717, 1.165) is 28.1 Å². The lowest BCUT2D eigenvalue weighted by molar-refractivity contribution is 0.627. The minimum absolute atomic E-state index is 0.293. The molecule has 3 aromatic carbocycles. The number of benzene rings is 3. The number of hydrogen-bond acceptors (Lipinski definition) is 3. The summed E-state index contributed by atoms with van der Waals surface area (Å²) in [4.78, 5) is 4.68. The maximum absolute atomic E-state index is 13.2. The molecule has 0 aliphatic carbocycles. The molecule has 1 aliphatic rings. The molecule has 1 aliphatic heterocycles. The van der Waals surface area contributed by atoms with E-state index in [4.69, 9.17) is 11.6 Å². The van der Waals surface area contributed by atoms with Crippen molar-refractivity contribution in [2.24, 2.45) is 10.1 Å². The topological polar surface area (TPSA) is 36.8 Å². The Morgan fingerprint density at radius 1 is 0.885 bits per heavy atom. The zero-order valence-electron chi connectivity index (χ0n) is 14.0. The lowest BCUT2D eigenvalue weighted by atomic mass is 10.00. The van der Waals surface area contributed by atoms with Gasteiger partial charge in [-0.1, -0.05) is 41.4 Å². The monoisotopic (exact) mass is 363 g/mol. The van der Waals surface area contributed by atoms with Crippen molar-refractivity contribution < 1.29 is 4.39 Å². The first-order valence-corrected chi connectivity index (χ1v) is 8.53. The molecule has 3 aromatic rings. The Balaban J connectivity index is 1.85. The van der Waals surface area contributed by atoms with Crippen LogP contribution in [0.25, 0.3) is 0 Å². The van der Waals surface area contributed by atoms with Crippen molar-refractivity contribution in [2.45, 2.75) is 6.92 Å². The summed E-state index contributed by atoms with van der Waals surface area (Å²) in [6, 6.07) is 19.8. The molecule has 0 spiro atoms. The van der Waals surface area contributed by atoms with Crippen LogP contribution < -0.4 is 5.43 Å². The number of nitrogens with zero attached hydrogens (tertiary/aromatic N) is 2. The molecule has 5 heteroatoms. The highest BCUT2D eigenvalue weighted by Crippen LogP contribution is 2.28. The van der Waals surface area contributed by atoms with E-state index >= 15 is 0 Å². The van der Waals surface area contributed by atoms with Crippen molar-refractivity contribution in [3.63, 3.8) is 0 Å². The number of fused-ring (bicyclic) bond motifs is 1. The lowest BCUT2D eigenvalue weighted by Gasteiger charge is -2.08. The molecule has 4 rings (SSSR count). The molecule has 1 heterocycles. The number of halogens is 2. The number of rotatable bonds is 2. The quantitative estimate of drug-likeness (QED) is 0.665. The first kappa shape index (κ1) is 16.5. The molecule has 0 fully saturated rings. The number of nitrogens with one attached hydrogen (secondary N) is 1. The summed E-state index contributed by atoms with van der Waals surface area (Å²) in [6.07, 6.45) is 0. The van der Waals surface area contributed by atoms with Gasteiger partial charge >= 0.3 is 0 Å². The molecule has 0 aromatic heterocycles. The normalized spacial score (nSPS) is 13.2. The van der Waals surface area contributed by atoms with Crippen molar-refractivity contribution in [3.05, 3.63) is 99.8 Å². The number of aryl methyl sites for hydroxylation is 1. The maximum atomic E-state index is 13.2. The van der Waals surface area contributed by atoms with Gasteiger partial charge in [-0.05, 0) is 49.4 Å². The highest BCUT2D eigenvalue weighted by molar-refractivity contribution is 6.31. The maximum Gasteiger partial charge on any atom is 0.154 e. The zero-order valence-corrected chi connectivity index (χ0v) is 14.8. The molecule has 1 N–H and O–H groups in total. The van der Waals surface area contributed by atoms with Gasteiger partial charge in [0.15, 0.2) is 5.84 Å². The molecule has 0 amide bonds. The largest absolute Gasteiger partial charge is 0.260 e. The van der Waals surface area contributed by atoms with E-state index in [2.05, 4.69) is 15.5 Å². The van der Waals surface area contributed by atoms with Crippen LogP contribution in [0, 0.1) is 12.7 Å². The van der Waals surface area contributed by atoms with E-state index in [0.29, 0.717) is 10.9 Å². The minimum Gasteiger partial charge on any atom is -0.260 e. The summed E-state index contributed by atoms with van der Waals surface area (Å²) in [5, 5.41) is 5.18. The van der Waals surface area contributed by atoms with Gasteiger partial charge in [0.2, 0.25) is 0 Å². The fourth-order valence-corrected chi connectivity index (χ4v) is 2.95. The molecule has 0 saturated carbocycles. The van der Waals surface area contributed by atoms with Gasteiger partial charge in [-0.25, -0.2) is 9.38 Å². The molecular formula is C21H15ClFN3. The Bertz CT molecular complexity index is 1020. The third kappa shape index (κ3) is 3.24. The highest BCUT2D eigenvalue weighted by atomic mass is 35.5. The van der Waals surface area contributed by atoms with E-state index in [1.165, 1.54) is 17.7 Å². The molecule has 0 bridgehead atoms. The summed E-state index contributed by atoms with van der Waals surface area (Å²) < 4.78 is 13.2. The SMILES string of the molecule is Cc1ccc(C2=NNC(c3ccc(F)cc3)=Nc3ccc(Cl)cc32)cc1. The second-order valence-corrected chi connectivity index (χ2v) is 6.50. The molecule has 128 valence electrons. The van der Waals surface area contributed by atoms with Crippen LogP contribution in [-0.2, 0) is 0 Å². The van der Waals surface area contributed by atoms with Crippen molar-refractivity contribution in [2.75, 3.05) is 0 Å². The van der Waals surface area contributed by atoms with Crippen LogP contribution in [-0.4, -0.2) is 11.5 Å². The Labute approximate surface area is 155 Å². The van der Waals surface area contributed by atoms with Crippen LogP contribution in [0.15, 0.2) is 76.8 Å². The fourth-order valence-electron chi connectivity index (χ4n) is 2.78. The molecule has 0 saturated heterocycles. The lowest BCUT2D eigenvalue weighted by Crippen LogP contribution is -2.19. The van der Waals surface area contributed by atoms with Gasteiger partial charge in [-0.2, -0.15) is 5.10 Å². The standard InChI is InChI=1S/C21H15ClFN3/c1-13-2-4-14(5-3-13)20-18-12-16(22)8-11-19(18)24-21(26-25-20)15-6-9-17(23)10-7-15/h2-12H,1H3,(H,24,26). The molecule has 3 nitrogen and oxygen atoms in total. The first-order valence-electron chi connectivity index (χ1n) is 8.15. The second-order valence-electron chi connectivity index (χ2n) is 6.07. The van der Waals surface area contributed by atoms with Crippen molar-refractivity contribution in [1.82, 2.24) is 5.43 Å². The van der Waals surface area contributed by atoms with Crippen LogP contribution in [0.2, 0.25) is 5.02 Å². The van der Waals surface area contributed by atoms with Crippen LogP contribution in [0.3, 0.4) is 0 Å². The average molecular weight is 364 g/mol. The van der Waals surface area contributed by atoms with E-state index in [1.54, 1.807) is 18.2 Å². The Morgan fingerprint density at radius 3 is 2.31 bits per heavy atom. The smallest absolute Gasteiger partial charge is 0.154 e. The Hall–Kier alpha value is -2.98. The fraction of sp³-hybridized carbons (Fsp3) is 0.0476. The Kier molecular flexibility index (Phi) is 4.27. The third-order valence-electron chi connectivity index (χ3n) is 4.16. The van der Waals surface area contributed by atoms with Gasteiger partial charge in [-0.3, -0.25) is 5.43 Å². The van der Waals surface area contributed by atoms with Crippen molar-refractivity contribution in [3.8, 4) is 0 Å². The second kappa shape index (κ2) is 6.73. The van der Waals surface area contributed by atoms with E-state index in [1.807, 2.05) is 43.3 Å². The number of hydrogen-bond donors (Lipinski definition) is 1. The van der Waals surface area contributed by atoms with Gasteiger partial charge in [0, 0.05) is 21.7 Å². The van der Waals surface area contributed by atoms with Gasteiger partial charge < -0.3 is 0 Å². The molecule has 0 unspecified atom stereocenters. The summed E-state index contributed by atoms with van der Waals surface area (Å²) in [5.41, 5.74) is 8.24. The van der Waals surface area contributed by atoms with Crippen molar-refractivity contribution >= 4 is 28.8 Å².